The van der Waals surface area contributed by atoms with Gasteiger partial charge in [-0.25, -0.2) is 0 Å². The number of hydrogen-bond acceptors (Lipinski definition) is 5. The molecule has 0 spiro atoms. The maximum Gasteiger partial charge on any atom is 0.253 e. The Kier molecular flexibility index (Phi) is 5.31. The number of rotatable bonds is 4. The summed E-state index contributed by atoms with van der Waals surface area (Å²) in [5, 5.41) is 8.33. The molecule has 0 aliphatic carbocycles. The lowest BCUT2D eigenvalue weighted by atomic mass is 10.2. The molecule has 27 heavy (non-hydrogen) atoms. The minimum Gasteiger partial charge on any atom is -0.419 e. The zero-order chi connectivity index (χ0) is 18.6. The summed E-state index contributed by atoms with van der Waals surface area (Å²) >= 11 is 3.50. The predicted octanol–water partition coefficient (Wildman–Crippen LogP) is 3.46. The van der Waals surface area contributed by atoms with Gasteiger partial charge in [0.15, 0.2) is 0 Å². The number of carbonyl (C=O) groups is 1. The second kappa shape index (κ2) is 8.02. The van der Waals surface area contributed by atoms with Crippen LogP contribution in [0.2, 0.25) is 0 Å². The van der Waals surface area contributed by atoms with Gasteiger partial charge in [0, 0.05) is 36.2 Å². The number of carbonyl (C=O) groups excluding carboxylic acids is 1. The topological polar surface area (TPSA) is 62.5 Å². The molecule has 1 fully saturated rings. The first kappa shape index (κ1) is 17.9. The number of benzene rings is 2. The standard InChI is InChI=1S/C20H19BrN4O2/c21-17-9-5-4-8-16(17)19-23-22-18(27-19)14-24-10-12-25(13-11-24)20(26)15-6-2-1-3-7-15/h1-9H,10-14H2. The van der Waals surface area contributed by atoms with Gasteiger partial charge in [0.1, 0.15) is 0 Å². The first-order valence-corrected chi connectivity index (χ1v) is 9.64. The van der Waals surface area contributed by atoms with Crippen LogP contribution in [0.25, 0.3) is 11.5 Å². The molecule has 6 nitrogen and oxygen atoms in total. The fourth-order valence-corrected chi connectivity index (χ4v) is 3.58. The summed E-state index contributed by atoms with van der Waals surface area (Å²) in [7, 11) is 0. The molecule has 2 aromatic carbocycles. The van der Waals surface area contributed by atoms with Crippen molar-refractivity contribution in [3.05, 3.63) is 70.5 Å². The number of aromatic nitrogens is 2. The molecular weight excluding hydrogens is 408 g/mol. The average Bonchev–Trinajstić information content (AvgIpc) is 3.17. The Morgan fingerprint density at radius 3 is 2.41 bits per heavy atom. The molecule has 0 bridgehead atoms. The Balaban J connectivity index is 1.35. The van der Waals surface area contributed by atoms with E-state index in [1.54, 1.807) is 0 Å². The fraction of sp³-hybridized carbons (Fsp3) is 0.250. The van der Waals surface area contributed by atoms with Crippen LogP contribution >= 0.6 is 15.9 Å². The van der Waals surface area contributed by atoms with Crippen LogP contribution in [0.15, 0.2) is 63.5 Å². The molecule has 3 aromatic rings. The molecule has 0 atom stereocenters. The van der Waals surface area contributed by atoms with Gasteiger partial charge in [0.25, 0.3) is 5.91 Å². The monoisotopic (exact) mass is 426 g/mol. The van der Waals surface area contributed by atoms with E-state index in [9.17, 15) is 4.79 Å². The van der Waals surface area contributed by atoms with Crippen LogP contribution in [0.4, 0.5) is 0 Å². The second-order valence-electron chi connectivity index (χ2n) is 6.42. The van der Waals surface area contributed by atoms with Crippen LogP contribution in [0, 0.1) is 0 Å². The lowest BCUT2D eigenvalue weighted by molar-refractivity contribution is 0.0618. The van der Waals surface area contributed by atoms with Crippen molar-refractivity contribution in [1.82, 2.24) is 20.0 Å². The first-order chi connectivity index (χ1) is 13.2. The fourth-order valence-electron chi connectivity index (χ4n) is 3.12. The van der Waals surface area contributed by atoms with Gasteiger partial charge >= 0.3 is 0 Å². The molecule has 1 aromatic heterocycles. The normalized spacial score (nSPS) is 15.1. The summed E-state index contributed by atoms with van der Waals surface area (Å²) in [5.41, 5.74) is 1.62. The van der Waals surface area contributed by atoms with Gasteiger partial charge in [-0.2, -0.15) is 0 Å². The largest absolute Gasteiger partial charge is 0.419 e. The van der Waals surface area contributed by atoms with Gasteiger partial charge in [0.05, 0.1) is 12.1 Å². The van der Waals surface area contributed by atoms with Crippen LogP contribution in [0.3, 0.4) is 0 Å². The summed E-state index contributed by atoms with van der Waals surface area (Å²) in [6.07, 6.45) is 0. The van der Waals surface area contributed by atoms with E-state index in [1.807, 2.05) is 59.5 Å². The maximum absolute atomic E-state index is 12.5. The number of piperazine rings is 1. The van der Waals surface area contributed by atoms with Crippen LogP contribution in [-0.2, 0) is 6.54 Å². The average molecular weight is 427 g/mol. The van der Waals surface area contributed by atoms with Gasteiger partial charge < -0.3 is 9.32 Å². The molecule has 2 heterocycles. The molecule has 1 aliphatic rings. The molecule has 1 saturated heterocycles. The molecule has 0 N–H and O–H groups in total. The second-order valence-corrected chi connectivity index (χ2v) is 7.27. The Morgan fingerprint density at radius 2 is 1.67 bits per heavy atom. The number of halogens is 1. The number of nitrogens with zero attached hydrogens (tertiary/aromatic N) is 4. The smallest absolute Gasteiger partial charge is 0.253 e. The molecular formula is C20H19BrN4O2. The van der Waals surface area contributed by atoms with E-state index in [1.165, 1.54) is 0 Å². The zero-order valence-electron chi connectivity index (χ0n) is 14.7. The molecule has 0 saturated carbocycles. The van der Waals surface area contributed by atoms with Crippen molar-refractivity contribution < 1.29 is 9.21 Å². The Bertz CT molecular complexity index is 920. The van der Waals surface area contributed by atoms with Gasteiger partial charge in [-0.3, -0.25) is 9.69 Å². The van der Waals surface area contributed by atoms with Crippen molar-refractivity contribution in [3.63, 3.8) is 0 Å². The lowest BCUT2D eigenvalue weighted by Crippen LogP contribution is -2.48. The first-order valence-electron chi connectivity index (χ1n) is 8.84. The Labute approximate surface area is 165 Å². The number of amides is 1. The molecule has 1 amide bonds. The lowest BCUT2D eigenvalue weighted by Gasteiger charge is -2.34. The molecule has 0 radical (unpaired) electrons. The Hall–Kier alpha value is -2.51. The molecule has 4 rings (SSSR count). The Morgan fingerprint density at radius 1 is 0.963 bits per heavy atom. The van der Waals surface area contributed by atoms with Crippen LogP contribution in [0.1, 0.15) is 16.2 Å². The highest BCUT2D eigenvalue weighted by Crippen LogP contribution is 2.27. The highest BCUT2D eigenvalue weighted by molar-refractivity contribution is 9.10. The van der Waals surface area contributed by atoms with E-state index in [-0.39, 0.29) is 5.91 Å². The highest BCUT2D eigenvalue weighted by atomic mass is 79.9. The summed E-state index contributed by atoms with van der Waals surface area (Å²) in [5.74, 6) is 1.18. The van der Waals surface area contributed by atoms with Crippen molar-refractivity contribution >= 4 is 21.8 Å². The van der Waals surface area contributed by atoms with Crippen molar-refractivity contribution in [3.8, 4) is 11.5 Å². The third kappa shape index (κ3) is 4.09. The predicted molar refractivity (Wildman–Crippen MR) is 105 cm³/mol. The third-order valence-electron chi connectivity index (χ3n) is 4.61. The van der Waals surface area contributed by atoms with Gasteiger partial charge in [0.2, 0.25) is 11.8 Å². The highest BCUT2D eigenvalue weighted by Gasteiger charge is 2.23. The van der Waals surface area contributed by atoms with Crippen LogP contribution in [0.5, 0.6) is 0 Å². The molecule has 1 aliphatic heterocycles. The van der Waals surface area contributed by atoms with E-state index >= 15 is 0 Å². The van der Waals surface area contributed by atoms with E-state index in [0.29, 0.717) is 31.4 Å². The summed E-state index contributed by atoms with van der Waals surface area (Å²) < 4.78 is 6.75. The van der Waals surface area contributed by atoms with Crippen molar-refractivity contribution in [2.24, 2.45) is 0 Å². The summed E-state index contributed by atoms with van der Waals surface area (Å²) in [6.45, 7) is 3.54. The van der Waals surface area contributed by atoms with Crippen LogP contribution < -0.4 is 0 Å². The van der Waals surface area contributed by atoms with Crippen molar-refractivity contribution in [1.29, 1.82) is 0 Å². The third-order valence-corrected chi connectivity index (χ3v) is 5.30. The summed E-state index contributed by atoms with van der Waals surface area (Å²) in [6, 6.07) is 17.2. The summed E-state index contributed by atoms with van der Waals surface area (Å²) in [4.78, 5) is 16.6. The minimum atomic E-state index is 0.0873. The van der Waals surface area contributed by atoms with Crippen molar-refractivity contribution in [2.45, 2.75) is 6.54 Å². The van der Waals surface area contributed by atoms with E-state index < -0.39 is 0 Å². The molecule has 7 heteroatoms. The van der Waals surface area contributed by atoms with E-state index in [0.717, 1.165) is 28.7 Å². The van der Waals surface area contributed by atoms with Gasteiger partial charge in [-0.05, 0) is 40.2 Å². The van der Waals surface area contributed by atoms with Gasteiger partial charge in [-0.1, -0.05) is 30.3 Å². The minimum absolute atomic E-state index is 0.0873. The zero-order valence-corrected chi connectivity index (χ0v) is 16.3. The molecule has 138 valence electrons. The SMILES string of the molecule is O=C(c1ccccc1)N1CCN(Cc2nnc(-c3ccccc3Br)o2)CC1. The number of hydrogen-bond donors (Lipinski definition) is 0. The maximum atomic E-state index is 12.5. The quantitative estimate of drug-likeness (QED) is 0.638. The molecule has 0 unspecified atom stereocenters. The van der Waals surface area contributed by atoms with Crippen molar-refractivity contribution in [2.75, 3.05) is 26.2 Å². The van der Waals surface area contributed by atoms with E-state index in [2.05, 4.69) is 31.0 Å². The van der Waals surface area contributed by atoms with Gasteiger partial charge in [-0.15, -0.1) is 10.2 Å². The van der Waals surface area contributed by atoms with Crippen LogP contribution in [-0.4, -0.2) is 52.1 Å². The van der Waals surface area contributed by atoms with E-state index in [4.69, 9.17) is 4.42 Å².